The van der Waals surface area contributed by atoms with Crippen LogP contribution in [0, 0.1) is 24.4 Å². The van der Waals surface area contributed by atoms with Gasteiger partial charge in [-0.15, -0.1) is 13.2 Å². The number of alkyl halides is 3. The van der Waals surface area contributed by atoms with Crippen LogP contribution in [0.2, 0.25) is 0 Å². The fourth-order valence-corrected chi connectivity index (χ4v) is 5.86. The van der Waals surface area contributed by atoms with Gasteiger partial charge in [-0.25, -0.2) is 13.2 Å². The normalized spacial score (nSPS) is 12.7. The van der Waals surface area contributed by atoms with Gasteiger partial charge in [-0.3, -0.25) is 19.0 Å². The largest absolute Gasteiger partial charge is 0.466 e. The van der Waals surface area contributed by atoms with Crippen LogP contribution < -0.4 is 10.9 Å². The average Bonchev–Trinajstić information content (AvgIpc) is 2.99. The third-order valence-corrected chi connectivity index (χ3v) is 7.98. The van der Waals surface area contributed by atoms with Crippen molar-refractivity contribution in [3.05, 3.63) is 116 Å². The summed E-state index contributed by atoms with van der Waals surface area (Å²) >= 11 is 3.06. The van der Waals surface area contributed by atoms with Gasteiger partial charge in [0.05, 0.1) is 24.6 Å². The predicted molar refractivity (Wildman–Crippen MR) is 174 cm³/mol. The SMILES string of the molecule is C=CCCCCc1cc(F)cc(C)c1-c1cc([C@H](CC(=O)OCC)NC(=O)[C@H](CC=C)n2cc(Br)cc(F)c2=O)c(F)c(C(F)(F)F)c1. The van der Waals surface area contributed by atoms with Gasteiger partial charge in [-0.1, -0.05) is 12.2 Å². The maximum atomic E-state index is 16.0. The first-order valence-corrected chi connectivity index (χ1v) is 15.9. The van der Waals surface area contributed by atoms with Gasteiger partial charge >= 0.3 is 12.1 Å². The first-order chi connectivity index (χ1) is 22.6. The van der Waals surface area contributed by atoms with Crippen LogP contribution in [-0.2, 0) is 26.9 Å². The van der Waals surface area contributed by atoms with Gasteiger partial charge in [-0.05, 0) is 114 Å². The second-order valence-electron chi connectivity index (χ2n) is 11.0. The number of carbonyl (C=O) groups is 2. The number of halogens is 7. The van der Waals surface area contributed by atoms with E-state index >= 15 is 4.39 Å². The average molecular weight is 742 g/mol. The maximum absolute atomic E-state index is 16.0. The summed E-state index contributed by atoms with van der Waals surface area (Å²) < 4.78 is 93.8. The lowest BCUT2D eigenvalue weighted by Crippen LogP contribution is -2.40. The third kappa shape index (κ3) is 9.48. The van der Waals surface area contributed by atoms with Crippen LogP contribution in [0.15, 0.2) is 71.1 Å². The van der Waals surface area contributed by atoms with Gasteiger partial charge < -0.3 is 10.1 Å². The number of pyridine rings is 1. The van der Waals surface area contributed by atoms with E-state index in [9.17, 15) is 36.3 Å². The number of unbranched alkanes of at least 4 members (excludes halogenated alkanes) is 2. The van der Waals surface area contributed by atoms with Crippen molar-refractivity contribution < 1.29 is 40.7 Å². The predicted octanol–water partition coefficient (Wildman–Crippen LogP) is 8.85. The quantitative estimate of drug-likeness (QED) is 0.0731. The maximum Gasteiger partial charge on any atom is 0.419 e. The van der Waals surface area contributed by atoms with E-state index in [1.54, 1.807) is 6.08 Å². The van der Waals surface area contributed by atoms with Crippen molar-refractivity contribution in [3.63, 3.8) is 0 Å². The Kier molecular flexibility index (Phi) is 13.4. The van der Waals surface area contributed by atoms with Crippen molar-refractivity contribution >= 4 is 27.8 Å². The zero-order valence-electron chi connectivity index (χ0n) is 26.4. The number of esters is 1. The Morgan fingerprint density at radius 3 is 2.40 bits per heavy atom. The zero-order valence-corrected chi connectivity index (χ0v) is 27.9. The molecule has 3 aromatic rings. The van der Waals surface area contributed by atoms with Gasteiger partial charge in [0.15, 0.2) is 5.82 Å². The van der Waals surface area contributed by atoms with Crippen LogP contribution in [0.4, 0.5) is 26.3 Å². The molecule has 1 heterocycles. The van der Waals surface area contributed by atoms with Crippen molar-refractivity contribution in [2.24, 2.45) is 0 Å². The number of nitrogens with zero attached hydrogens (tertiary/aromatic N) is 1. The summed E-state index contributed by atoms with van der Waals surface area (Å²) in [7, 11) is 0. The summed E-state index contributed by atoms with van der Waals surface area (Å²) in [6, 6.07) is 1.70. The second-order valence-corrected chi connectivity index (χ2v) is 12.0. The highest BCUT2D eigenvalue weighted by atomic mass is 79.9. The van der Waals surface area contributed by atoms with Crippen molar-refractivity contribution in [1.29, 1.82) is 0 Å². The van der Waals surface area contributed by atoms with Crippen LogP contribution in [0.1, 0.15) is 73.4 Å². The molecule has 2 atom stereocenters. The molecule has 0 aliphatic carbocycles. The van der Waals surface area contributed by atoms with Crippen molar-refractivity contribution in [1.82, 2.24) is 9.88 Å². The lowest BCUT2D eigenvalue weighted by molar-refractivity contribution is -0.144. The molecular formula is C35H35BrF6N2O4. The number of allylic oxidation sites excluding steroid dienone is 2. The van der Waals surface area contributed by atoms with Gasteiger partial charge in [-0.2, -0.15) is 13.2 Å². The lowest BCUT2D eigenvalue weighted by Gasteiger charge is -2.26. The third-order valence-electron chi connectivity index (χ3n) is 7.54. The minimum atomic E-state index is -5.21. The Bertz CT molecular complexity index is 1740. The minimum absolute atomic E-state index is 0.105. The van der Waals surface area contributed by atoms with Crippen LogP contribution >= 0.6 is 15.9 Å². The van der Waals surface area contributed by atoms with E-state index in [1.807, 2.05) is 0 Å². The summed E-state index contributed by atoms with van der Waals surface area (Å²) in [6.07, 6.45) is 0.0606. The molecule has 0 aliphatic heterocycles. The molecule has 2 aromatic carbocycles. The van der Waals surface area contributed by atoms with Crippen LogP contribution in [0.3, 0.4) is 0 Å². The van der Waals surface area contributed by atoms with Crippen molar-refractivity contribution in [2.75, 3.05) is 6.61 Å². The number of rotatable bonds is 15. The molecule has 258 valence electrons. The van der Waals surface area contributed by atoms with Crippen molar-refractivity contribution in [3.8, 4) is 11.1 Å². The molecule has 0 aliphatic rings. The standard InChI is InChI=1S/C35H35BrF6N2O4/c1-5-8-9-10-12-21-14-24(37)13-20(4)31(21)22-15-25(32(39)26(16-22)35(40,41)42)28(18-30(45)48-7-3)43-33(46)29(11-6-2)44-19-23(36)17-27(38)34(44)47/h5-6,13-17,19,28-29H,1-2,7-12,18H2,3-4H3,(H,43,46)/t28-,29-/m0/s1. The van der Waals surface area contributed by atoms with E-state index in [1.165, 1.54) is 26.0 Å². The zero-order chi connectivity index (χ0) is 35.8. The smallest absolute Gasteiger partial charge is 0.419 e. The van der Waals surface area contributed by atoms with Crippen LogP contribution in [0.25, 0.3) is 11.1 Å². The van der Waals surface area contributed by atoms with Crippen molar-refractivity contribution in [2.45, 2.75) is 70.6 Å². The van der Waals surface area contributed by atoms with E-state index in [4.69, 9.17) is 4.74 Å². The molecule has 1 aromatic heterocycles. The number of aryl methyl sites for hydroxylation is 2. The van der Waals surface area contributed by atoms with Gasteiger partial charge in [0.25, 0.3) is 5.56 Å². The van der Waals surface area contributed by atoms with Crippen LogP contribution in [0.5, 0.6) is 0 Å². The highest BCUT2D eigenvalue weighted by molar-refractivity contribution is 9.10. The Hall–Kier alpha value is -4.13. The molecule has 0 fully saturated rings. The highest BCUT2D eigenvalue weighted by Gasteiger charge is 2.38. The summed E-state index contributed by atoms with van der Waals surface area (Å²) in [5.74, 6) is -5.55. The summed E-state index contributed by atoms with van der Waals surface area (Å²) in [5.41, 5.74) is -2.76. The minimum Gasteiger partial charge on any atom is -0.466 e. The number of amides is 1. The molecular weight excluding hydrogens is 706 g/mol. The molecule has 3 rings (SSSR count). The van der Waals surface area contributed by atoms with Gasteiger partial charge in [0, 0.05) is 16.2 Å². The van der Waals surface area contributed by atoms with Gasteiger partial charge in [0.2, 0.25) is 5.91 Å². The molecule has 0 bridgehead atoms. The molecule has 13 heteroatoms. The Labute approximate surface area is 282 Å². The van der Waals surface area contributed by atoms with E-state index < -0.39 is 70.7 Å². The number of aromatic nitrogens is 1. The Morgan fingerprint density at radius 2 is 1.77 bits per heavy atom. The highest BCUT2D eigenvalue weighted by Crippen LogP contribution is 2.40. The fourth-order valence-electron chi connectivity index (χ4n) is 5.44. The first kappa shape index (κ1) is 38.3. The monoisotopic (exact) mass is 740 g/mol. The van der Waals surface area contributed by atoms with E-state index in [2.05, 4.69) is 34.4 Å². The Balaban J connectivity index is 2.26. The van der Waals surface area contributed by atoms with E-state index in [-0.39, 0.29) is 34.2 Å². The summed E-state index contributed by atoms with van der Waals surface area (Å²) in [6.45, 7) is 10.1. The van der Waals surface area contributed by atoms with E-state index in [0.29, 0.717) is 37.3 Å². The molecule has 6 nitrogen and oxygen atoms in total. The fraction of sp³-hybridized carbons (Fsp3) is 0.343. The Morgan fingerprint density at radius 1 is 1.06 bits per heavy atom. The summed E-state index contributed by atoms with van der Waals surface area (Å²) in [4.78, 5) is 39.0. The molecule has 1 amide bonds. The number of hydrogen-bond acceptors (Lipinski definition) is 4. The van der Waals surface area contributed by atoms with Crippen LogP contribution in [-0.4, -0.2) is 23.1 Å². The molecule has 0 saturated carbocycles. The molecule has 0 saturated heterocycles. The van der Waals surface area contributed by atoms with Gasteiger partial charge in [0.1, 0.15) is 17.7 Å². The second kappa shape index (κ2) is 16.8. The first-order valence-electron chi connectivity index (χ1n) is 15.1. The lowest BCUT2D eigenvalue weighted by atomic mass is 9.88. The molecule has 0 unspecified atom stereocenters. The topological polar surface area (TPSA) is 77.4 Å². The van der Waals surface area contributed by atoms with E-state index in [0.717, 1.165) is 29.0 Å². The number of nitrogens with one attached hydrogen (secondary N) is 1. The summed E-state index contributed by atoms with van der Waals surface area (Å²) in [5, 5.41) is 2.40. The molecule has 1 N–H and O–H groups in total. The molecule has 0 spiro atoms. The number of ether oxygens (including phenoxy) is 1. The number of carbonyl (C=O) groups excluding carboxylic acids is 2. The molecule has 0 radical (unpaired) electrons. The number of hydrogen-bond donors (Lipinski definition) is 1. The number of benzene rings is 2. The molecule has 48 heavy (non-hydrogen) atoms.